The molecule has 0 aliphatic heterocycles. The molecule has 25 heavy (non-hydrogen) atoms. The number of carbonyl (C=O) groups excluding carboxylic acids is 2. The average molecular weight is 458 g/mol. The van der Waals surface area contributed by atoms with Crippen molar-refractivity contribution in [2.45, 2.75) is 33.1 Å². The van der Waals surface area contributed by atoms with Crippen LogP contribution in [0.4, 0.5) is 0 Å². The Morgan fingerprint density at radius 1 is 1.44 bits per heavy atom. The van der Waals surface area contributed by atoms with Crippen molar-refractivity contribution in [3.05, 3.63) is 22.3 Å². The zero-order valence-electron chi connectivity index (χ0n) is 14.7. The van der Waals surface area contributed by atoms with E-state index in [1.165, 1.54) is 7.11 Å². The quantitative estimate of drug-likeness (QED) is 0.399. The van der Waals surface area contributed by atoms with Crippen LogP contribution in [0.1, 0.15) is 33.1 Å². The third kappa shape index (κ3) is 2.09. The number of carbonyl (C=O) groups is 3. The molecule has 136 valence electrons. The Morgan fingerprint density at radius 2 is 2.08 bits per heavy atom. The van der Waals surface area contributed by atoms with Crippen LogP contribution in [0.25, 0.3) is 0 Å². The van der Waals surface area contributed by atoms with Gasteiger partial charge in [0.1, 0.15) is 5.78 Å². The molecule has 1 N–H and O–H groups in total. The molecule has 2 saturated carbocycles. The maximum atomic E-state index is 12.9. The number of fused-ring (bicyclic) bond motifs is 1. The van der Waals surface area contributed by atoms with Gasteiger partial charge in [-0.2, -0.15) is 0 Å². The van der Waals surface area contributed by atoms with Crippen molar-refractivity contribution < 1.29 is 24.2 Å². The number of hydrogen-bond donors (Lipinski definition) is 1. The second kappa shape index (κ2) is 5.66. The smallest absolute Gasteiger partial charge is 0.312 e. The summed E-state index contributed by atoms with van der Waals surface area (Å²) >= 11 is 2.18. The Hall–Kier alpha value is -1.18. The van der Waals surface area contributed by atoms with E-state index in [1.807, 2.05) is 13.0 Å². The van der Waals surface area contributed by atoms with Gasteiger partial charge in [0, 0.05) is 11.8 Å². The van der Waals surface area contributed by atoms with Gasteiger partial charge in [-0.15, -0.1) is 6.58 Å². The lowest BCUT2D eigenvalue weighted by atomic mass is 9.38. The van der Waals surface area contributed by atoms with Gasteiger partial charge in [0.2, 0.25) is 0 Å². The highest BCUT2D eigenvalue weighted by Crippen LogP contribution is 2.72. The second-order valence-electron chi connectivity index (χ2n) is 8.02. The van der Waals surface area contributed by atoms with Crippen molar-refractivity contribution in [2.75, 3.05) is 7.11 Å². The molecule has 0 aromatic carbocycles. The number of rotatable bonds is 3. The number of esters is 1. The van der Waals surface area contributed by atoms with E-state index in [2.05, 4.69) is 29.2 Å². The third-order valence-electron chi connectivity index (χ3n) is 7.05. The Kier molecular flexibility index (Phi) is 4.21. The second-order valence-corrected chi connectivity index (χ2v) is 9.18. The van der Waals surface area contributed by atoms with Gasteiger partial charge in [-0.25, -0.2) is 0 Å². The van der Waals surface area contributed by atoms with Gasteiger partial charge in [0.15, 0.2) is 0 Å². The molecular formula is C19H23IO5. The van der Waals surface area contributed by atoms with Crippen molar-refractivity contribution in [1.29, 1.82) is 0 Å². The fourth-order valence-electron chi connectivity index (χ4n) is 5.82. The van der Waals surface area contributed by atoms with Gasteiger partial charge in [0.05, 0.1) is 24.4 Å². The first-order valence-electron chi connectivity index (χ1n) is 8.45. The van der Waals surface area contributed by atoms with Crippen LogP contribution in [0, 0.1) is 34.0 Å². The van der Waals surface area contributed by atoms with Crippen LogP contribution in [0.2, 0.25) is 0 Å². The van der Waals surface area contributed by atoms with Gasteiger partial charge in [-0.3, -0.25) is 14.4 Å². The van der Waals surface area contributed by atoms with E-state index >= 15 is 0 Å². The number of halogens is 1. The van der Waals surface area contributed by atoms with E-state index in [-0.39, 0.29) is 18.1 Å². The molecule has 4 aliphatic carbocycles. The average Bonchev–Trinajstić information content (AvgIpc) is 2.55. The van der Waals surface area contributed by atoms with Crippen molar-refractivity contribution in [2.24, 2.45) is 34.0 Å². The molecule has 0 aromatic rings. The van der Waals surface area contributed by atoms with E-state index in [1.54, 1.807) is 13.0 Å². The Bertz CT molecular complexity index is 713. The summed E-state index contributed by atoms with van der Waals surface area (Å²) < 4.78 is 5.95. The summed E-state index contributed by atoms with van der Waals surface area (Å²) in [5.74, 6) is -3.00. The summed E-state index contributed by atoms with van der Waals surface area (Å²) in [5, 5.41) is 10.1. The van der Waals surface area contributed by atoms with Crippen LogP contribution in [-0.2, 0) is 19.1 Å². The molecule has 5 nitrogen and oxygen atoms in total. The molecule has 0 radical (unpaired) electrons. The third-order valence-corrected chi connectivity index (χ3v) is 8.41. The number of aliphatic carboxylic acids is 1. The van der Waals surface area contributed by atoms with Crippen LogP contribution in [0.15, 0.2) is 22.3 Å². The highest BCUT2D eigenvalue weighted by atomic mass is 127. The summed E-state index contributed by atoms with van der Waals surface area (Å²) in [7, 11) is 1.33. The minimum Gasteiger partial charge on any atom is -0.481 e. The monoisotopic (exact) mass is 458 g/mol. The van der Waals surface area contributed by atoms with Crippen LogP contribution >= 0.6 is 22.6 Å². The summed E-state index contributed by atoms with van der Waals surface area (Å²) in [6.07, 6.45) is 4.98. The van der Waals surface area contributed by atoms with Gasteiger partial charge in [0.25, 0.3) is 0 Å². The summed E-state index contributed by atoms with van der Waals surface area (Å²) in [6.45, 7) is 7.54. The molecule has 6 atom stereocenters. The molecule has 0 aromatic heterocycles. The first kappa shape index (κ1) is 18.6. The molecule has 4 rings (SSSR count). The molecule has 2 fully saturated rings. The van der Waals surface area contributed by atoms with Crippen LogP contribution in [-0.4, -0.2) is 29.9 Å². The first-order chi connectivity index (χ1) is 11.6. The summed E-state index contributed by atoms with van der Waals surface area (Å²) in [4.78, 5) is 38.0. The number of methoxy groups -OCH3 is 1. The molecule has 0 saturated heterocycles. The number of Topliss-reactive ketones (excluding diaryl/α,β-unsaturated/α-hetero) is 1. The largest absolute Gasteiger partial charge is 0.481 e. The number of ketones is 1. The van der Waals surface area contributed by atoms with E-state index in [0.717, 1.165) is 3.58 Å². The van der Waals surface area contributed by atoms with Gasteiger partial charge >= 0.3 is 11.9 Å². The molecule has 1 spiro atoms. The number of allylic oxidation sites excluding steroid dienone is 3. The summed E-state index contributed by atoms with van der Waals surface area (Å²) in [6, 6.07) is 0. The molecule has 0 amide bonds. The van der Waals surface area contributed by atoms with Crippen molar-refractivity contribution in [3.63, 3.8) is 0 Å². The zero-order valence-corrected chi connectivity index (χ0v) is 16.8. The topological polar surface area (TPSA) is 80.7 Å². The van der Waals surface area contributed by atoms with Crippen molar-refractivity contribution in [3.8, 4) is 0 Å². The lowest BCUT2D eigenvalue weighted by Crippen LogP contribution is -2.67. The zero-order chi connectivity index (χ0) is 18.8. The SMILES string of the molecule is C=CC1(C)CC[C@H]2[C@](C)(C(=O)OC)[C@@H]3C=C(I)[C@]2(CC3=O)[C@H]1C(=O)O. The molecule has 4 aliphatic rings. The van der Waals surface area contributed by atoms with Crippen LogP contribution < -0.4 is 0 Å². The van der Waals surface area contributed by atoms with Crippen LogP contribution in [0.3, 0.4) is 0 Å². The fourth-order valence-corrected chi connectivity index (χ4v) is 7.06. The predicted molar refractivity (Wildman–Crippen MR) is 99.9 cm³/mol. The number of carboxylic acid groups (broad SMARTS) is 1. The van der Waals surface area contributed by atoms with Gasteiger partial charge in [-0.1, -0.05) is 19.1 Å². The highest BCUT2D eigenvalue weighted by molar-refractivity contribution is 14.1. The lowest BCUT2D eigenvalue weighted by molar-refractivity contribution is -0.192. The minimum absolute atomic E-state index is 0.0656. The Morgan fingerprint density at radius 3 is 2.60 bits per heavy atom. The van der Waals surface area contributed by atoms with Crippen molar-refractivity contribution in [1.82, 2.24) is 0 Å². The Balaban J connectivity index is 2.31. The lowest BCUT2D eigenvalue weighted by Gasteiger charge is -2.64. The number of carboxylic acids is 1. The number of ether oxygens (including phenoxy) is 1. The van der Waals surface area contributed by atoms with E-state index in [0.29, 0.717) is 12.8 Å². The number of hydrogen-bond acceptors (Lipinski definition) is 4. The maximum absolute atomic E-state index is 12.9. The summed E-state index contributed by atoms with van der Waals surface area (Å²) in [5.41, 5.74) is -2.52. The maximum Gasteiger partial charge on any atom is 0.312 e. The highest BCUT2D eigenvalue weighted by Gasteiger charge is 2.72. The van der Waals surface area contributed by atoms with E-state index in [4.69, 9.17) is 4.74 Å². The van der Waals surface area contributed by atoms with Crippen LogP contribution in [0.5, 0.6) is 0 Å². The molecular weight excluding hydrogens is 435 g/mol. The van der Waals surface area contributed by atoms with Gasteiger partial charge < -0.3 is 9.84 Å². The van der Waals surface area contributed by atoms with Gasteiger partial charge in [-0.05, 0) is 57.3 Å². The fraction of sp³-hybridized carbons (Fsp3) is 0.632. The molecule has 6 heteroatoms. The molecule has 1 unspecified atom stereocenters. The minimum atomic E-state index is -1.02. The van der Waals surface area contributed by atoms with E-state index < -0.39 is 40.0 Å². The Labute approximate surface area is 161 Å². The van der Waals surface area contributed by atoms with Crippen molar-refractivity contribution >= 4 is 40.3 Å². The predicted octanol–water partition coefficient (Wildman–Crippen LogP) is 3.38. The normalized spacial score (nSPS) is 45.4. The first-order valence-corrected chi connectivity index (χ1v) is 9.52. The molecule has 2 bridgehead atoms. The molecule has 0 heterocycles. The van der Waals surface area contributed by atoms with E-state index in [9.17, 15) is 19.5 Å². The standard InChI is InChI=1S/C19H23IO5/c1-5-17(2)7-6-12-18(3,16(24)25-4)10-8-13(20)19(12,9-11(10)21)14(17)15(22)23/h5,8,10,12,14H,1,6-7,9H2,2-4H3,(H,22,23)/t10-,12+,14+,17?,18-,19-/m1/s1.